The summed E-state index contributed by atoms with van der Waals surface area (Å²) in [7, 11) is 4.03. The molecule has 0 saturated carbocycles. The lowest BCUT2D eigenvalue weighted by Crippen LogP contribution is -2.53. The topological polar surface area (TPSA) is 32.3 Å². The van der Waals surface area contributed by atoms with Crippen LogP contribution >= 0.6 is 0 Å². The largest absolute Gasteiger partial charge is 0.346 e. The van der Waals surface area contributed by atoms with Crippen molar-refractivity contribution in [3.05, 3.63) is 12.7 Å². The van der Waals surface area contributed by atoms with Crippen LogP contribution in [0.25, 0.3) is 0 Å². The van der Waals surface area contributed by atoms with Gasteiger partial charge in [-0.15, -0.1) is 0 Å². The summed E-state index contributed by atoms with van der Waals surface area (Å²) in [5, 5.41) is 3.01. The summed E-state index contributed by atoms with van der Waals surface area (Å²) in [5.41, 5.74) is -0.116. The molecule has 82 valence electrons. The van der Waals surface area contributed by atoms with E-state index < -0.39 is 0 Å². The number of hydrogen-bond donors (Lipinski definition) is 1. The molecule has 0 rings (SSSR count). The maximum absolute atomic E-state index is 11.3. The van der Waals surface area contributed by atoms with E-state index in [9.17, 15) is 4.79 Å². The molecular formula is C11H22N2O. The molecule has 1 amide bonds. The van der Waals surface area contributed by atoms with E-state index in [0.29, 0.717) is 0 Å². The van der Waals surface area contributed by atoms with Gasteiger partial charge in [-0.05, 0) is 33.0 Å². The summed E-state index contributed by atoms with van der Waals surface area (Å²) >= 11 is 0. The molecule has 0 unspecified atom stereocenters. The molecule has 0 aromatic carbocycles. The van der Waals surface area contributed by atoms with Gasteiger partial charge in [0.1, 0.15) is 0 Å². The van der Waals surface area contributed by atoms with Crippen LogP contribution in [0.3, 0.4) is 0 Å². The highest BCUT2D eigenvalue weighted by atomic mass is 16.1. The highest BCUT2D eigenvalue weighted by Crippen LogP contribution is 2.15. The van der Waals surface area contributed by atoms with Crippen LogP contribution in [0.15, 0.2) is 12.7 Å². The molecule has 1 N–H and O–H groups in total. The maximum atomic E-state index is 11.3. The molecule has 0 fully saturated rings. The second-order valence-electron chi connectivity index (χ2n) is 3.92. The Morgan fingerprint density at radius 1 is 1.43 bits per heavy atom. The molecule has 0 spiro atoms. The summed E-state index contributed by atoms with van der Waals surface area (Å²) in [5.74, 6) is -0.0875. The van der Waals surface area contributed by atoms with Gasteiger partial charge in [0.25, 0.3) is 0 Å². The first kappa shape index (κ1) is 13.2. The van der Waals surface area contributed by atoms with E-state index in [1.807, 2.05) is 14.1 Å². The Morgan fingerprint density at radius 3 is 2.21 bits per heavy atom. The summed E-state index contributed by atoms with van der Waals surface area (Å²) in [6.45, 7) is 8.51. The quantitative estimate of drug-likeness (QED) is 0.654. The molecule has 0 bridgehead atoms. The van der Waals surface area contributed by atoms with Gasteiger partial charge in [-0.25, -0.2) is 0 Å². The number of carbonyl (C=O) groups excluding carboxylic acids is 1. The zero-order valence-electron chi connectivity index (χ0n) is 9.76. The molecule has 0 saturated heterocycles. The minimum absolute atomic E-state index is 0.0875. The van der Waals surface area contributed by atoms with Crippen molar-refractivity contribution in [3.8, 4) is 0 Å². The van der Waals surface area contributed by atoms with Crippen LogP contribution in [0.2, 0.25) is 0 Å². The van der Waals surface area contributed by atoms with Crippen molar-refractivity contribution in [2.75, 3.05) is 20.6 Å². The van der Waals surface area contributed by atoms with Gasteiger partial charge in [-0.3, -0.25) is 4.79 Å². The van der Waals surface area contributed by atoms with E-state index in [2.05, 4.69) is 30.6 Å². The van der Waals surface area contributed by atoms with E-state index in [4.69, 9.17) is 0 Å². The molecule has 0 atom stereocenters. The molecular weight excluding hydrogens is 176 g/mol. The molecule has 0 aromatic rings. The van der Waals surface area contributed by atoms with Gasteiger partial charge in [-0.2, -0.15) is 0 Å². The predicted octanol–water partition coefficient (Wildman–Crippen LogP) is 1.41. The fourth-order valence-electron chi connectivity index (χ4n) is 1.61. The van der Waals surface area contributed by atoms with Gasteiger partial charge >= 0.3 is 0 Å². The lowest BCUT2D eigenvalue weighted by Gasteiger charge is -2.35. The Labute approximate surface area is 87.2 Å². The zero-order valence-corrected chi connectivity index (χ0v) is 9.76. The first-order valence-electron chi connectivity index (χ1n) is 5.09. The van der Waals surface area contributed by atoms with E-state index in [1.165, 1.54) is 6.08 Å². The third kappa shape index (κ3) is 3.92. The van der Waals surface area contributed by atoms with Crippen molar-refractivity contribution in [2.24, 2.45) is 0 Å². The molecule has 3 nitrogen and oxygen atoms in total. The van der Waals surface area contributed by atoms with Crippen LogP contribution in [-0.4, -0.2) is 37.0 Å². The number of nitrogens with zero attached hydrogens (tertiary/aromatic N) is 1. The van der Waals surface area contributed by atoms with Crippen molar-refractivity contribution in [1.29, 1.82) is 0 Å². The number of rotatable bonds is 6. The zero-order chi connectivity index (χ0) is 11.2. The van der Waals surface area contributed by atoms with Crippen molar-refractivity contribution < 1.29 is 4.79 Å². The van der Waals surface area contributed by atoms with Crippen LogP contribution < -0.4 is 5.32 Å². The van der Waals surface area contributed by atoms with Crippen LogP contribution in [0.1, 0.15) is 26.7 Å². The van der Waals surface area contributed by atoms with Crippen molar-refractivity contribution in [3.63, 3.8) is 0 Å². The number of nitrogens with one attached hydrogen (secondary N) is 1. The van der Waals surface area contributed by atoms with Gasteiger partial charge in [-0.1, -0.05) is 20.4 Å². The average molecular weight is 198 g/mol. The highest BCUT2D eigenvalue weighted by Gasteiger charge is 2.27. The standard InChI is InChI=1S/C11H22N2O/c1-6-10(14)12-11(7-2,8-3)9-13(4)5/h6H,1,7-9H2,2-5H3,(H,12,14). The monoisotopic (exact) mass is 198 g/mol. The molecule has 3 heteroatoms. The molecule has 0 aliphatic rings. The van der Waals surface area contributed by atoms with Gasteiger partial charge in [0.15, 0.2) is 0 Å². The van der Waals surface area contributed by atoms with Crippen LogP contribution in [0.5, 0.6) is 0 Å². The summed E-state index contributed by atoms with van der Waals surface area (Å²) in [6.07, 6.45) is 3.19. The lowest BCUT2D eigenvalue weighted by atomic mass is 9.92. The highest BCUT2D eigenvalue weighted by molar-refractivity contribution is 5.87. The Kier molecular flexibility index (Phi) is 5.46. The number of hydrogen-bond acceptors (Lipinski definition) is 2. The number of likely N-dealkylation sites (N-methyl/N-ethyl adjacent to an activating group) is 1. The molecule has 0 aliphatic heterocycles. The van der Waals surface area contributed by atoms with Gasteiger partial charge < -0.3 is 10.2 Å². The van der Waals surface area contributed by atoms with Crippen molar-refractivity contribution >= 4 is 5.91 Å². The minimum atomic E-state index is -0.116. The third-order valence-electron chi connectivity index (χ3n) is 2.55. The predicted molar refractivity (Wildman–Crippen MR) is 60.2 cm³/mol. The van der Waals surface area contributed by atoms with E-state index in [0.717, 1.165) is 19.4 Å². The Hall–Kier alpha value is -0.830. The molecule has 0 aliphatic carbocycles. The maximum Gasteiger partial charge on any atom is 0.243 e. The normalized spacial score (nSPS) is 11.5. The number of carbonyl (C=O) groups is 1. The summed E-state index contributed by atoms with van der Waals surface area (Å²) < 4.78 is 0. The minimum Gasteiger partial charge on any atom is -0.346 e. The van der Waals surface area contributed by atoms with E-state index in [-0.39, 0.29) is 11.4 Å². The summed E-state index contributed by atoms with van der Waals surface area (Å²) in [4.78, 5) is 13.4. The second-order valence-corrected chi connectivity index (χ2v) is 3.92. The van der Waals surface area contributed by atoms with Crippen molar-refractivity contribution in [1.82, 2.24) is 10.2 Å². The first-order valence-corrected chi connectivity index (χ1v) is 5.09. The Morgan fingerprint density at radius 2 is 1.93 bits per heavy atom. The molecule has 0 heterocycles. The van der Waals surface area contributed by atoms with Crippen LogP contribution in [0, 0.1) is 0 Å². The third-order valence-corrected chi connectivity index (χ3v) is 2.55. The van der Waals surface area contributed by atoms with E-state index >= 15 is 0 Å². The van der Waals surface area contributed by atoms with Gasteiger partial charge in [0.2, 0.25) is 5.91 Å². The SMILES string of the molecule is C=CC(=O)NC(CC)(CC)CN(C)C. The molecule has 0 aromatic heterocycles. The Bertz CT molecular complexity index is 195. The van der Waals surface area contributed by atoms with Gasteiger partial charge in [0.05, 0.1) is 5.54 Å². The average Bonchev–Trinajstić information content (AvgIpc) is 2.15. The van der Waals surface area contributed by atoms with Crippen molar-refractivity contribution in [2.45, 2.75) is 32.2 Å². The first-order chi connectivity index (χ1) is 6.49. The van der Waals surface area contributed by atoms with Crippen LogP contribution in [0.4, 0.5) is 0 Å². The fourth-order valence-corrected chi connectivity index (χ4v) is 1.61. The molecule has 0 radical (unpaired) electrons. The lowest BCUT2D eigenvalue weighted by molar-refractivity contribution is -0.118. The smallest absolute Gasteiger partial charge is 0.243 e. The van der Waals surface area contributed by atoms with Crippen LogP contribution in [-0.2, 0) is 4.79 Å². The Balaban J connectivity index is 4.51. The van der Waals surface area contributed by atoms with E-state index in [1.54, 1.807) is 0 Å². The number of amides is 1. The second kappa shape index (κ2) is 5.81. The fraction of sp³-hybridized carbons (Fsp3) is 0.727. The molecule has 14 heavy (non-hydrogen) atoms. The van der Waals surface area contributed by atoms with Gasteiger partial charge in [0, 0.05) is 6.54 Å². The summed E-state index contributed by atoms with van der Waals surface area (Å²) in [6, 6.07) is 0.